The maximum absolute atomic E-state index is 13.5. The molecular weight excluding hydrogens is 456 g/mol. The summed E-state index contributed by atoms with van der Waals surface area (Å²) in [6.07, 6.45) is 5.80. The van der Waals surface area contributed by atoms with Gasteiger partial charge in [-0.05, 0) is 61.9 Å². The molecule has 9 nitrogen and oxygen atoms in total. The van der Waals surface area contributed by atoms with Gasteiger partial charge in [0, 0.05) is 43.3 Å². The SMILES string of the molecule is COc1cc(C(=O)N2C[C@@H](N)CC[C@@H]2CO)cc2nc(-c3cc4cccnc4n3CC3CC3)n(C)c12. The first kappa shape index (κ1) is 23.0. The Morgan fingerprint density at radius 3 is 2.81 bits per heavy atom. The Morgan fingerprint density at radius 2 is 2.06 bits per heavy atom. The molecule has 188 valence electrons. The van der Waals surface area contributed by atoms with Gasteiger partial charge in [-0.3, -0.25) is 4.79 Å². The molecule has 1 saturated carbocycles. The third-order valence-electron chi connectivity index (χ3n) is 7.64. The number of nitrogens with zero attached hydrogens (tertiary/aromatic N) is 5. The number of methoxy groups -OCH3 is 1. The lowest BCUT2D eigenvalue weighted by Crippen LogP contribution is -2.52. The van der Waals surface area contributed by atoms with E-state index < -0.39 is 0 Å². The number of fused-ring (bicyclic) bond motifs is 2. The van der Waals surface area contributed by atoms with Gasteiger partial charge < -0.3 is 29.6 Å². The van der Waals surface area contributed by atoms with Gasteiger partial charge in [0.1, 0.15) is 16.9 Å². The van der Waals surface area contributed by atoms with Crippen molar-refractivity contribution < 1.29 is 14.6 Å². The van der Waals surface area contributed by atoms with Crippen LogP contribution in [0.2, 0.25) is 0 Å². The molecule has 1 aliphatic heterocycles. The quantitative estimate of drug-likeness (QED) is 0.432. The largest absolute Gasteiger partial charge is 0.494 e. The topological polar surface area (TPSA) is 111 Å². The summed E-state index contributed by atoms with van der Waals surface area (Å²) < 4.78 is 10.1. The molecule has 2 fully saturated rings. The van der Waals surface area contributed by atoms with Crippen LogP contribution in [0.25, 0.3) is 33.6 Å². The van der Waals surface area contributed by atoms with Crippen molar-refractivity contribution in [1.82, 2.24) is 24.0 Å². The van der Waals surface area contributed by atoms with Gasteiger partial charge in [-0.15, -0.1) is 0 Å². The van der Waals surface area contributed by atoms with Crippen LogP contribution in [0.3, 0.4) is 0 Å². The van der Waals surface area contributed by atoms with Gasteiger partial charge in [0.05, 0.1) is 31.0 Å². The number of rotatable bonds is 6. The zero-order chi connectivity index (χ0) is 25.0. The number of aliphatic hydroxyl groups is 1. The number of aromatic nitrogens is 4. The fourth-order valence-electron chi connectivity index (χ4n) is 5.49. The first-order valence-electron chi connectivity index (χ1n) is 12.6. The molecule has 0 radical (unpaired) electrons. The standard InChI is InChI=1S/C27H32N6O3/c1-31-24-21(10-18(12-23(24)36-2)27(35)32-14-19(28)7-8-20(32)15-34)30-26(31)22-11-17-4-3-9-29-25(17)33(22)13-16-5-6-16/h3-4,9-12,16,19-20,34H,5-8,13-15,28H2,1-2H3/t19-,20+/m0/s1. The molecule has 1 amide bonds. The van der Waals surface area contributed by atoms with Gasteiger partial charge in [0.2, 0.25) is 0 Å². The number of benzene rings is 1. The maximum Gasteiger partial charge on any atom is 0.254 e. The number of ether oxygens (including phenoxy) is 1. The summed E-state index contributed by atoms with van der Waals surface area (Å²) in [5, 5.41) is 10.9. The summed E-state index contributed by atoms with van der Waals surface area (Å²) in [4.78, 5) is 24.9. The molecule has 1 saturated heterocycles. The van der Waals surface area contributed by atoms with Crippen molar-refractivity contribution in [3.05, 3.63) is 42.1 Å². The van der Waals surface area contributed by atoms with E-state index in [1.54, 1.807) is 18.1 Å². The van der Waals surface area contributed by atoms with E-state index >= 15 is 0 Å². The first-order valence-corrected chi connectivity index (χ1v) is 12.6. The molecule has 1 aromatic carbocycles. The van der Waals surface area contributed by atoms with Crippen molar-refractivity contribution in [1.29, 1.82) is 0 Å². The number of nitrogens with two attached hydrogens (primary N) is 1. The molecular formula is C27H32N6O3. The van der Waals surface area contributed by atoms with E-state index in [0.717, 1.165) is 41.0 Å². The predicted octanol–water partition coefficient (Wildman–Crippen LogP) is 2.93. The molecule has 9 heteroatoms. The minimum Gasteiger partial charge on any atom is -0.494 e. The highest BCUT2D eigenvalue weighted by molar-refractivity contribution is 6.00. The summed E-state index contributed by atoms with van der Waals surface area (Å²) in [5.74, 6) is 1.90. The lowest BCUT2D eigenvalue weighted by Gasteiger charge is -2.37. The molecule has 6 rings (SSSR count). The number of carbonyl (C=O) groups is 1. The van der Waals surface area contributed by atoms with Crippen LogP contribution >= 0.6 is 0 Å². The number of aliphatic hydroxyl groups excluding tert-OH is 1. The smallest absolute Gasteiger partial charge is 0.254 e. The number of pyridine rings is 1. The van der Waals surface area contributed by atoms with E-state index in [1.165, 1.54) is 12.8 Å². The van der Waals surface area contributed by atoms with Crippen LogP contribution in [0.15, 0.2) is 36.5 Å². The average molecular weight is 489 g/mol. The molecule has 0 spiro atoms. The minimum atomic E-state index is -0.232. The van der Waals surface area contributed by atoms with E-state index in [0.29, 0.717) is 35.7 Å². The van der Waals surface area contributed by atoms with Crippen molar-refractivity contribution in [2.75, 3.05) is 20.3 Å². The third kappa shape index (κ3) is 3.83. The first-order chi connectivity index (χ1) is 17.5. The summed E-state index contributed by atoms with van der Waals surface area (Å²) in [5.41, 5.74) is 10.1. The van der Waals surface area contributed by atoms with E-state index in [2.05, 4.69) is 21.7 Å². The van der Waals surface area contributed by atoms with Gasteiger partial charge in [-0.1, -0.05) is 0 Å². The number of hydrogen-bond acceptors (Lipinski definition) is 6. The number of amides is 1. The zero-order valence-electron chi connectivity index (χ0n) is 20.7. The van der Waals surface area contributed by atoms with E-state index in [9.17, 15) is 9.90 Å². The van der Waals surface area contributed by atoms with Gasteiger partial charge in [0.25, 0.3) is 5.91 Å². The molecule has 4 heterocycles. The highest BCUT2D eigenvalue weighted by Crippen LogP contribution is 2.37. The van der Waals surface area contributed by atoms with E-state index in [-0.39, 0.29) is 24.6 Å². The monoisotopic (exact) mass is 488 g/mol. The van der Waals surface area contributed by atoms with Gasteiger partial charge in [-0.25, -0.2) is 9.97 Å². The number of carbonyl (C=O) groups excluding carboxylic acids is 1. The zero-order valence-corrected chi connectivity index (χ0v) is 20.7. The van der Waals surface area contributed by atoms with Crippen molar-refractivity contribution in [3.63, 3.8) is 0 Å². The Kier molecular flexibility index (Phi) is 5.69. The second kappa shape index (κ2) is 8.90. The van der Waals surface area contributed by atoms with E-state index in [4.69, 9.17) is 15.5 Å². The van der Waals surface area contributed by atoms with Crippen molar-refractivity contribution in [3.8, 4) is 17.3 Å². The van der Waals surface area contributed by atoms with Crippen LogP contribution in [0.4, 0.5) is 0 Å². The van der Waals surface area contributed by atoms with Crippen molar-refractivity contribution in [2.45, 2.75) is 44.3 Å². The van der Waals surface area contributed by atoms with Gasteiger partial charge in [0.15, 0.2) is 5.82 Å². The second-order valence-corrected chi connectivity index (χ2v) is 10.2. The number of likely N-dealkylation sites (tertiary alicyclic amines) is 1. The summed E-state index contributed by atoms with van der Waals surface area (Å²) in [7, 11) is 3.59. The van der Waals surface area contributed by atoms with Gasteiger partial charge in [-0.2, -0.15) is 0 Å². The van der Waals surface area contributed by atoms with Crippen molar-refractivity contribution >= 4 is 28.0 Å². The highest BCUT2D eigenvalue weighted by Gasteiger charge is 2.32. The second-order valence-electron chi connectivity index (χ2n) is 10.2. The summed E-state index contributed by atoms with van der Waals surface area (Å²) >= 11 is 0. The van der Waals surface area contributed by atoms with Crippen molar-refractivity contribution in [2.24, 2.45) is 18.7 Å². The Balaban J connectivity index is 1.47. The lowest BCUT2D eigenvalue weighted by molar-refractivity contribution is 0.0472. The molecule has 1 aliphatic carbocycles. The molecule has 2 aliphatic rings. The Hall–Kier alpha value is -3.43. The van der Waals surface area contributed by atoms with Crippen LogP contribution in [-0.4, -0.2) is 67.4 Å². The summed E-state index contributed by atoms with van der Waals surface area (Å²) in [6, 6.07) is 9.45. The normalized spacial score (nSPS) is 20.4. The number of imidazole rings is 1. The molecule has 36 heavy (non-hydrogen) atoms. The highest BCUT2D eigenvalue weighted by atomic mass is 16.5. The molecule has 3 aromatic heterocycles. The fraction of sp³-hybridized carbons (Fsp3) is 0.444. The van der Waals surface area contributed by atoms with Crippen LogP contribution in [0.5, 0.6) is 5.75 Å². The average Bonchev–Trinajstić information content (AvgIpc) is 3.56. The molecule has 3 N–H and O–H groups in total. The number of aryl methyl sites for hydroxylation is 1. The summed E-state index contributed by atoms with van der Waals surface area (Å²) in [6.45, 7) is 1.26. The Labute approximate surface area is 209 Å². The van der Waals surface area contributed by atoms with Crippen LogP contribution in [0, 0.1) is 5.92 Å². The maximum atomic E-state index is 13.5. The van der Waals surface area contributed by atoms with E-state index in [1.807, 2.05) is 29.9 Å². The minimum absolute atomic E-state index is 0.0782. The number of hydrogen-bond donors (Lipinski definition) is 2. The number of piperidine rings is 1. The fourth-order valence-corrected chi connectivity index (χ4v) is 5.49. The van der Waals surface area contributed by atoms with Crippen LogP contribution in [-0.2, 0) is 13.6 Å². The third-order valence-corrected chi connectivity index (χ3v) is 7.64. The lowest BCUT2D eigenvalue weighted by atomic mass is 9.98. The van der Waals surface area contributed by atoms with Crippen LogP contribution < -0.4 is 10.5 Å². The molecule has 2 atom stereocenters. The van der Waals surface area contributed by atoms with Crippen LogP contribution in [0.1, 0.15) is 36.0 Å². The van der Waals surface area contributed by atoms with Gasteiger partial charge >= 0.3 is 0 Å². The molecule has 0 unspecified atom stereocenters. The Morgan fingerprint density at radius 1 is 1.22 bits per heavy atom. The molecule has 0 bridgehead atoms. The predicted molar refractivity (Wildman–Crippen MR) is 138 cm³/mol. The Bertz CT molecular complexity index is 1450. The molecule has 4 aromatic rings.